The third kappa shape index (κ3) is 4.56. The topological polar surface area (TPSA) is 57.8 Å². The average molecular weight is 354 g/mol. The van der Waals surface area contributed by atoms with Crippen LogP contribution in [0.2, 0.25) is 5.02 Å². The van der Waals surface area contributed by atoms with Crippen LogP contribution in [0.25, 0.3) is 0 Å². The monoisotopic (exact) mass is 353 g/mol. The van der Waals surface area contributed by atoms with Gasteiger partial charge in [0, 0.05) is 35.8 Å². The van der Waals surface area contributed by atoms with Crippen LogP contribution in [-0.4, -0.2) is 27.5 Å². The SMILES string of the molecule is O=c1cc(CNC2CCSC2)nc(Cc2ccc(F)cc2Cl)[nH]1. The number of thioether (sulfide) groups is 1. The second-order valence-corrected chi connectivity index (χ2v) is 7.09. The van der Waals surface area contributed by atoms with Gasteiger partial charge in [-0.05, 0) is 29.9 Å². The fraction of sp³-hybridized carbons (Fsp3) is 0.375. The molecule has 2 heterocycles. The largest absolute Gasteiger partial charge is 0.310 e. The molecule has 3 rings (SSSR count). The van der Waals surface area contributed by atoms with Crippen LogP contribution in [0, 0.1) is 5.82 Å². The van der Waals surface area contributed by atoms with E-state index in [-0.39, 0.29) is 11.4 Å². The minimum atomic E-state index is -0.382. The van der Waals surface area contributed by atoms with Gasteiger partial charge < -0.3 is 10.3 Å². The van der Waals surface area contributed by atoms with E-state index in [0.717, 1.165) is 17.7 Å². The Labute approximate surface area is 142 Å². The third-order valence-electron chi connectivity index (χ3n) is 3.72. The summed E-state index contributed by atoms with van der Waals surface area (Å²) in [5.74, 6) is 2.42. The van der Waals surface area contributed by atoms with E-state index in [1.807, 2.05) is 11.8 Å². The molecule has 2 N–H and O–H groups in total. The molecule has 1 saturated heterocycles. The molecule has 4 nitrogen and oxygen atoms in total. The quantitative estimate of drug-likeness (QED) is 0.867. The predicted octanol–water partition coefficient (Wildman–Crippen LogP) is 2.75. The maximum Gasteiger partial charge on any atom is 0.251 e. The van der Waals surface area contributed by atoms with Gasteiger partial charge in [0.05, 0.1) is 5.69 Å². The molecule has 1 unspecified atom stereocenters. The molecule has 0 radical (unpaired) electrons. The highest BCUT2D eigenvalue weighted by atomic mass is 35.5. The molecule has 1 aromatic carbocycles. The summed E-state index contributed by atoms with van der Waals surface area (Å²) in [5, 5.41) is 3.76. The lowest BCUT2D eigenvalue weighted by Crippen LogP contribution is -2.29. The molecule has 0 aliphatic carbocycles. The Hall–Kier alpha value is -1.37. The standard InChI is InChI=1S/C16H17ClFN3OS/c17-14-6-11(18)2-1-10(14)5-15-20-13(7-16(22)21-15)8-19-12-3-4-23-9-12/h1-2,6-7,12,19H,3-5,8-9H2,(H,20,21,22). The van der Waals surface area contributed by atoms with Gasteiger partial charge in [-0.1, -0.05) is 17.7 Å². The lowest BCUT2D eigenvalue weighted by Gasteiger charge is -2.11. The molecule has 0 saturated carbocycles. The van der Waals surface area contributed by atoms with Crippen LogP contribution in [0.15, 0.2) is 29.1 Å². The summed E-state index contributed by atoms with van der Waals surface area (Å²) >= 11 is 7.96. The van der Waals surface area contributed by atoms with Gasteiger partial charge >= 0.3 is 0 Å². The van der Waals surface area contributed by atoms with Gasteiger partial charge in [-0.3, -0.25) is 4.79 Å². The molecule has 1 aromatic heterocycles. The number of aromatic amines is 1. The number of aromatic nitrogens is 2. The number of halogens is 2. The van der Waals surface area contributed by atoms with E-state index in [2.05, 4.69) is 15.3 Å². The van der Waals surface area contributed by atoms with Crippen molar-refractivity contribution in [1.29, 1.82) is 0 Å². The highest BCUT2D eigenvalue weighted by Gasteiger charge is 2.15. The highest BCUT2D eigenvalue weighted by Crippen LogP contribution is 2.19. The van der Waals surface area contributed by atoms with Crippen LogP contribution in [0.3, 0.4) is 0 Å². The van der Waals surface area contributed by atoms with Gasteiger partial charge in [0.15, 0.2) is 0 Å². The molecule has 0 bridgehead atoms. The van der Waals surface area contributed by atoms with Crippen molar-refractivity contribution in [2.45, 2.75) is 25.4 Å². The first-order chi connectivity index (χ1) is 11.1. The van der Waals surface area contributed by atoms with Crippen molar-refractivity contribution < 1.29 is 4.39 Å². The first kappa shape index (κ1) is 16.5. The first-order valence-corrected chi connectivity index (χ1v) is 8.97. The molecule has 1 fully saturated rings. The van der Waals surface area contributed by atoms with Crippen molar-refractivity contribution in [3.63, 3.8) is 0 Å². The summed E-state index contributed by atoms with van der Waals surface area (Å²) in [6, 6.07) is 6.21. The van der Waals surface area contributed by atoms with E-state index < -0.39 is 0 Å². The fourth-order valence-corrected chi connectivity index (χ4v) is 3.95. The predicted molar refractivity (Wildman–Crippen MR) is 91.6 cm³/mol. The molecular weight excluding hydrogens is 337 g/mol. The Morgan fingerprint density at radius 3 is 3.04 bits per heavy atom. The Morgan fingerprint density at radius 2 is 2.30 bits per heavy atom. The lowest BCUT2D eigenvalue weighted by molar-refractivity contribution is 0.550. The second-order valence-electron chi connectivity index (χ2n) is 5.54. The maximum atomic E-state index is 13.1. The molecular formula is C16H17ClFN3OS. The van der Waals surface area contributed by atoms with Crippen LogP contribution >= 0.6 is 23.4 Å². The number of hydrogen-bond acceptors (Lipinski definition) is 4. The summed E-state index contributed by atoms with van der Waals surface area (Å²) in [6.45, 7) is 0.569. The maximum absolute atomic E-state index is 13.1. The minimum Gasteiger partial charge on any atom is -0.310 e. The smallest absolute Gasteiger partial charge is 0.251 e. The Bertz CT molecular complexity index is 746. The van der Waals surface area contributed by atoms with E-state index in [0.29, 0.717) is 35.5 Å². The van der Waals surface area contributed by atoms with E-state index in [1.54, 1.807) is 6.07 Å². The number of nitrogens with zero attached hydrogens (tertiary/aromatic N) is 1. The zero-order chi connectivity index (χ0) is 16.2. The average Bonchev–Trinajstić information content (AvgIpc) is 3.01. The molecule has 7 heteroatoms. The summed E-state index contributed by atoms with van der Waals surface area (Å²) in [4.78, 5) is 19.0. The van der Waals surface area contributed by atoms with Crippen LogP contribution in [0.5, 0.6) is 0 Å². The van der Waals surface area contributed by atoms with Crippen LogP contribution in [0.4, 0.5) is 4.39 Å². The van der Waals surface area contributed by atoms with E-state index in [4.69, 9.17) is 11.6 Å². The van der Waals surface area contributed by atoms with Gasteiger partial charge in [0.25, 0.3) is 5.56 Å². The van der Waals surface area contributed by atoms with E-state index >= 15 is 0 Å². The van der Waals surface area contributed by atoms with Crippen LogP contribution in [-0.2, 0) is 13.0 Å². The molecule has 122 valence electrons. The molecule has 0 spiro atoms. The van der Waals surface area contributed by atoms with E-state index in [1.165, 1.54) is 24.0 Å². The Balaban J connectivity index is 1.72. The summed E-state index contributed by atoms with van der Waals surface area (Å²) in [5.41, 5.74) is 1.25. The lowest BCUT2D eigenvalue weighted by atomic mass is 10.1. The fourth-order valence-electron chi connectivity index (χ4n) is 2.53. The molecule has 2 aromatic rings. The van der Waals surface area contributed by atoms with Crippen molar-refractivity contribution in [3.8, 4) is 0 Å². The molecule has 1 atom stereocenters. The van der Waals surface area contributed by atoms with Crippen molar-refractivity contribution in [2.24, 2.45) is 0 Å². The molecule has 23 heavy (non-hydrogen) atoms. The highest BCUT2D eigenvalue weighted by molar-refractivity contribution is 7.99. The van der Waals surface area contributed by atoms with Crippen LogP contribution in [0.1, 0.15) is 23.5 Å². The number of rotatable bonds is 5. The van der Waals surface area contributed by atoms with E-state index in [9.17, 15) is 9.18 Å². The van der Waals surface area contributed by atoms with Crippen molar-refractivity contribution in [2.75, 3.05) is 11.5 Å². The molecule has 0 amide bonds. The van der Waals surface area contributed by atoms with Crippen molar-refractivity contribution in [1.82, 2.24) is 15.3 Å². The number of benzene rings is 1. The number of hydrogen-bond donors (Lipinski definition) is 2. The number of H-pyrrole nitrogens is 1. The third-order valence-corrected chi connectivity index (χ3v) is 5.23. The molecule has 1 aliphatic heterocycles. The summed E-state index contributed by atoms with van der Waals surface area (Å²) in [6.07, 6.45) is 1.51. The van der Waals surface area contributed by atoms with Gasteiger partial charge in [-0.15, -0.1) is 0 Å². The van der Waals surface area contributed by atoms with Gasteiger partial charge in [-0.25, -0.2) is 9.37 Å². The summed E-state index contributed by atoms with van der Waals surface area (Å²) in [7, 11) is 0. The Kier molecular flexibility index (Phi) is 5.35. The molecule has 1 aliphatic rings. The van der Waals surface area contributed by atoms with Crippen LogP contribution < -0.4 is 10.9 Å². The normalized spacial score (nSPS) is 17.6. The first-order valence-electron chi connectivity index (χ1n) is 7.44. The van der Waals surface area contributed by atoms with Crippen molar-refractivity contribution in [3.05, 3.63) is 62.5 Å². The van der Waals surface area contributed by atoms with Gasteiger partial charge in [0.1, 0.15) is 11.6 Å². The Morgan fingerprint density at radius 1 is 1.43 bits per heavy atom. The zero-order valence-electron chi connectivity index (χ0n) is 12.4. The number of nitrogens with one attached hydrogen (secondary N) is 2. The van der Waals surface area contributed by atoms with Gasteiger partial charge in [0.2, 0.25) is 0 Å². The van der Waals surface area contributed by atoms with Crippen molar-refractivity contribution >= 4 is 23.4 Å². The zero-order valence-corrected chi connectivity index (χ0v) is 14.0. The minimum absolute atomic E-state index is 0.189. The second kappa shape index (κ2) is 7.47. The summed E-state index contributed by atoms with van der Waals surface area (Å²) < 4.78 is 13.1. The van der Waals surface area contributed by atoms with Gasteiger partial charge in [-0.2, -0.15) is 11.8 Å².